The number of para-hydroxylation sites is 1. The maximum Gasteiger partial charge on any atom is 0.262 e. The van der Waals surface area contributed by atoms with Gasteiger partial charge in [0.2, 0.25) is 0 Å². The number of carbonyl (C=O) groups is 1. The number of hydrogen-bond donors (Lipinski definition) is 0. The van der Waals surface area contributed by atoms with Gasteiger partial charge in [-0.1, -0.05) is 12.1 Å². The second kappa shape index (κ2) is 8.05. The molecule has 1 fully saturated rings. The van der Waals surface area contributed by atoms with Crippen LogP contribution < -0.4 is 4.74 Å². The van der Waals surface area contributed by atoms with E-state index in [0.717, 1.165) is 0 Å². The van der Waals surface area contributed by atoms with Gasteiger partial charge in [-0.15, -0.1) is 0 Å². The van der Waals surface area contributed by atoms with E-state index in [1.54, 1.807) is 17.7 Å². The van der Waals surface area contributed by atoms with Crippen molar-refractivity contribution in [2.75, 3.05) is 32.8 Å². The van der Waals surface area contributed by atoms with E-state index in [4.69, 9.17) is 4.74 Å². The molecular weight excluding hydrogens is 375 g/mol. The van der Waals surface area contributed by atoms with Gasteiger partial charge in [0.1, 0.15) is 0 Å². The summed E-state index contributed by atoms with van der Waals surface area (Å²) in [6, 6.07) is 5.86. The molecule has 0 saturated carbocycles. The molecule has 146 valence electrons. The molecule has 0 spiro atoms. The Morgan fingerprint density at radius 3 is 2.70 bits per heavy atom. The molecule has 0 bridgehead atoms. The minimum absolute atomic E-state index is 0.00679. The third-order valence-electron chi connectivity index (χ3n) is 4.28. The van der Waals surface area contributed by atoms with Crippen molar-refractivity contribution in [3.8, 4) is 5.75 Å². The average Bonchev–Trinajstić information content (AvgIpc) is 2.93. The van der Waals surface area contributed by atoms with Gasteiger partial charge in [-0.05, 0) is 18.6 Å². The Labute approximate surface area is 157 Å². The monoisotopic (exact) mass is 396 g/mol. The molecule has 1 aliphatic rings. The smallest absolute Gasteiger partial charge is 0.262 e. The summed E-state index contributed by atoms with van der Waals surface area (Å²) in [7, 11) is -1.99. The Balaban J connectivity index is 1.59. The van der Waals surface area contributed by atoms with E-state index >= 15 is 0 Å². The number of benzene rings is 1. The summed E-state index contributed by atoms with van der Waals surface area (Å²) in [6.45, 7) is 0.828. The summed E-state index contributed by atoms with van der Waals surface area (Å²) in [6.07, 6.45) is 3.38. The lowest BCUT2D eigenvalue weighted by Gasteiger charge is -2.21. The van der Waals surface area contributed by atoms with E-state index in [1.807, 2.05) is 0 Å². The van der Waals surface area contributed by atoms with Crippen LogP contribution in [-0.2, 0) is 21.9 Å². The fourth-order valence-electron chi connectivity index (χ4n) is 2.83. The first-order valence-electron chi connectivity index (χ1n) is 8.51. The molecule has 0 atom stereocenters. The van der Waals surface area contributed by atoms with Crippen LogP contribution in [0.3, 0.4) is 0 Å². The number of imidazole rings is 1. The molecule has 2 aromatic rings. The summed E-state index contributed by atoms with van der Waals surface area (Å²) < 4.78 is 47.0. The van der Waals surface area contributed by atoms with E-state index in [9.17, 15) is 17.6 Å². The van der Waals surface area contributed by atoms with Gasteiger partial charge in [0.05, 0.1) is 6.33 Å². The summed E-state index contributed by atoms with van der Waals surface area (Å²) in [5, 5.41) is -0.00679. The van der Waals surface area contributed by atoms with Gasteiger partial charge in [0.25, 0.3) is 15.9 Å². The SMILES string of the molecule is Cn1cnc(S(=O)(=O)N2CCCN(C(=O)COc3ccccc3F)CC2)c1. The van der Waals surface area contributed by atoms with Crippen LogP contribution >= 0.6 is 0 Å². The van der Waals surface area contributed by atoms with Crippen molar-refractivity contribution in [3.05, 3.63) is 42.6 Å². The lowest BCUT2D eigenvalue weighted by Crippen LogP contribution is -2.39. The Hall–Kier alpha value is -2.46. The number of halogens is 1. The molecule has 3 rings (SSSR count). The fourth-order valence-corrected chi connectivity index (χ4v) is 4.27. The molecule has 1 aromatic carbocycles. The van der Waals surface area contributed by atoms with Gasteiger partial charge in [-0.2, -0.15) is 4.31 Å². The number of hydrogen-bond acceptors (Lipinski definition) is 5. The molecule has 10 heteroatoms. The number of rotatable bonds is 5. The van der Waals surface area contributed by atoms with Gasteiger partial charge in [-0.3, -0.25) is 4.79 Å². The summed E-state index contributed by atoms with van der Waals surface area (Å²) >= 11 is 0. The summed E-state index contributed by atoms with van der Waals surface area (Å²) in [4.78, 5) is 17.8. The van der Waals surface area contributed by atoms with Crippen LogP contribution in [0.5, 0.6) is 5.75 Å². The Morgan fingerprint density at radius 1 is 1.22 bits per heavy atom. The molecular formula is C17H21FN4O4S. The molecule has 1 amide bonds. The fraction of sp³-hybridized carbons (Fsp3) is 0.412. The number of ether oxygens (including phenoxy) is 1. The van der Waals surface area contributed by atoms with Crippen LogP contribution in [0.2, 0.25) is 0 Å². The van der Waals surface area contributed by atoms with E-state index in [-0.39, 0.29) is 36.4 Å². The Morgan fingerprint density at radius 2 is 2.00 bits per heavy atom. The van der Waals surface area contributed by atoms with Crippen molar-refractivity contribution in [3.63, 3.8) is 0 Å². The van der Waals surface area contributed by atoms with E-state index < -0.39 is 15.8 Å². The first-order valence-corrected chi connectivity index (χ1v) is 9.95. The Bertz CT molecular complexity index is 915. The van der Waals surface area contributed by atoms with Crippen molar-refractivity contribution in [2.24, 2.45) is 7.05 Å². The lowest BCUT2D eigenvalue weighted by molar-refractivity contribution is -0.133. The highest BCUT2D eigenvalue weighted by atomic mass is 32.2. The van der Waals surface area contributed by atoms with Crippen molar-refractivity contribution in [1.29, 1.82) is 0 Å². The van der Waals surface area contributed by atoms with Crippen molar-refractivity contribution >= 4 is 15.9 Å². The standard InChI is InChI=1S/C17H21FN4O4S/c1-20-11-16(19-13-20)27(24,25)22-8-4-7-21(9-10-22)17(23)12-26-15-6-3-2-5-14(15)18/h2-3,5-6,11,13H,4,7-10,12H2,1H3. The molecule has 1 aliphatic heterocycles. The molecule has 0 aliphatic carbocycles. The number of sulfonamides is 1. The largest absolute Gasteiger partial charge is 0.481 e. The zero-order valence-corrected chi connectivity index (χ0v) is 15.7. The number of amides is 1. The third-order valence-corrected chi connectivity index (χ3v) is 6.07. The van der Waals surface area contributed by atoms with Crippen LogP contribution in [0.4, 0.5) is 4.39 Å². The van der Waals surface area contributed by atoms with Crippen molar-refractivity contribution in [2.45, 2.75) is 11.4 Å². The number of aromatic nitrogens is 2. The topological polar surface area (TPSA) is 84.7 Å². The van der Waals surface area contributed by atoms with Crippen LogP contribution in [0.1, 0.15) is 6.42 Å². The highest BCUT2D eigenvalue weighted by Gasteiger charge is 2.29. The van der Waals surface area contributed by atoms with Gasteiger partial charge < -0.3 is 14.2 Å². The van der Waals surface area contributed by atoms with Crippen LogP contribution in [0.25, 0.3) is 0 Å². The normalized spacial score (nSPS) is 16.1. The summed E-state index contributed by atoms with van der Waals surface area (Å²) in [5.74, 6) is -0.829. The van der Waals surface area contributed by atoms with Gasteiger partial charge in [0, 0.05) is 39.4 Å². The number of carbonyl (C=O) groups excluding carboxylic acids is 1. The highest BCUT2D eigenvalue weighted by Crippen LogP contribution is 2.17. The predicted molar refractivity (Wildman–Crippen MR) is 95.1 cm³/mol. The second-order valence-electron chi connectivity index (χ2n) is 6.23. The van der Waals surface area contributed by atoms with Crippen LogP contribution in [0.15, 0.2) is 41.8 Å². The molecule has 0 unspecified atom stereocenters. The molecule has 1 aromatic heterocycles. The first-order chi connectivity index (χ1) is 12.9. The predicted octanol–water partition coefficient (Wildman–Crippen LogP) is 0.861. The highest BCUT2D eigenvalue weighted by molar-refractivity contribution is 7.89. The van der Waals surface area contributed by atoms with Gasteiger partial charge in [-0.25, -0.2) is 17.8 Å². The van der Waals surface area contributed by atoms with Crippen LogP contribution in [-0.4, -0.2) is 65.9 Å². The average molecular weight is 396 g/mol. The van der Waals surface area contributed by atoms with E-state index in [0.29, 0.717) is 19.5 Å². The van der Waals surface area contributed by atoms with Gasteiger partial charge in [0.15, 0.2) is 23.2 Å². The minimum Gasteiger partial charge on any atom is -0.481 e. The van der Waals surface area contributed by atoms with Crippen LogP contribution in [0, 0.1) is 5.82 Å². The van der Waals surface area contributed by atoms with E-state index in [1.165, 1.54) is 39.9 Å². The quantitative estimate of drug-likeness (QED) is 0.749. The number of nitrogens with zero attached hydrogens (tertiary/aromatic N) is 4. The molecule has 2 heterocycles. The second-order valence-corrected chi connectivity index (χ2v) is 8.12. The van der Waals surface area contributed by atoms with E-state index in [2.05, 4.69) is 4.98 Å². The maximum atomic E-state index is 13.6. The Kier molecular flexibility index (Phi) is 5.76. The molecule has 1 saturated heterocycles. The van der Waals surface area contributed by atoms with Crippen molar-refractivity contribution in [1.82, 2.24) is 18.8 Å². The molecule has 0 N–H and O–H groups in total. The summed E-state index contributed by atoms with van der Waals surface area (Å²) in [5.41, 5.74) is 0. The zero-order valence-electron chi connectivity index (χ0n) is 14.9. The lowest BCUT2D eigenvalue weighted by atomic mass is 10.3. The minimum atomic E-state index is -3.69. The molecule has 8 nitrogen and oxygen atoms in total. The van der Waals surface area contributed by atoms with Crippen molar-refractivity contribution < 1.29 is 22.3 Å². The molecule has 0 radical (unpaired) electrons. The van der Waals surface area contributed by atoms with Gasteiger partial charge >= 0.3 is 0 Å². The number of aryl methyl sites for hydroxylation is 1. The zero-order chi connectivity index (χ0) is 19.4. The maximum absolute atomic E-state index is 13.6. The third kappa shape index (κ3) is 4.45. The molecule has 27 heavy (non-hydrogen) atoms. The first kappa shape index (κ1) is 19.3.